The highest BCUT2D eigenvalue weighted by Crippen LogP contribution is 2.70. The van der Waals surface area contributed by atoms with Crippen LogP contribution in [0.25, 0.3) is 0 Å². The van der Waals surface area contributed by atoms with E-state index in [0.717, 1.165) is 11.1 Å². The van der Waals surface area contributed by atoms with Crippen molar-refractivity contribution < 1.29 is 14.3 Å². The number of hydrogen-bond donors (Lipinski definition) is 0. The van der Waals surface area contributed by atoms with Gasteiger partial charge in [0, 0.05) is 23.8 Å². The molecule has 5 atom stereocenters. The lowest BCUT2D eigenvalue weighted by molar-refractivity contribution is -0.179. The lowest BCUT2D eigenvalue weighted by Gasteiger charge is -2.30. The number of ether oxygens (including phenoxy) is 2. The predicted molar refractivity (Wildman–Crippen MR) is 101 cm³/mol. The zero-order valence-electron chi connectivity index (χ0n) is 13.4. The predicted octanol–water partition coefficient (Wildman–Crippen LogP) is 5.07. The summed E-state index contributed by atoms with van der Waals surface area (Å²) >= 11 is 10.8. The minimum absolute atomic E-state index is 0.0264. The normalized spacial score (nSPS) is 38.9. The molecule has 1 heterocycles. The van der Waals surface area contributed by atoms with Crippen LogP contribution in [0.1, 0.15) is 33.6 Å². The van der Waals surface area contributed by atoms with Crippen molar-refractivity contribution in [3.05, 3.63) is 23.8 Å². The SMILES string of the molecule is C=CCC1=C(C)[C@@H](O[C@H]2O[C@@H](C(Br)(Br)Br)[C@H]3[C@@H]2C3(C)C)CC1=O. The first-order valence-electron chi connectivity index (χ1n) is 7.80. The van der Waals surface area contributed by atoms with Crippen LogP contribution in [0.5, 0.6) is 0 Å². The van der Waals surface area contributed by atoms with Crippen LogP contribution in [0, 0.1) is 17.3 Å². The van der Waals surface area contributed by atoms with Crippen LogP contribution in [0.4, 0.5) is 0 Å². The van der Waals surface area contributed by atoms with Gasteiger partial charge in [0.15, 0.2) is 14.2 Å². The molecular formula is C17H21Br3O3. The highest BCUT2D eigenvalue weighted by atomic mass is 80.0. The van der Waals surface area contributed by atoms with E-state index >= 15 is 0 Å². The Morgan fingerprint density at radius 2 is 2.04 bits per heavy atom. The Kier molecular flexibility index (Phi) is 4.81. The quantitative estimate of drug-likeness (QED) is 0.389. The standard InChI is InChI=1S/C17H21Br3O3/c1-5-6-9-8(2)11(7-10(9)21)22-15-13-12(16(13,3)4)14(23-15)17(18,19)20/h5,11-15H,1,6-7H2,2-4H3/t11-,12+,13-,14+,15-/m0/s1. The van der Waals surface area contributed by atoms with Crippen LogP contribution < -0.4 is 0 Å². The number of rotatable bonds is 4. The summed E-state index contributed by atoms with van der Waals surface area (Å²) in [7, 11) is 0. The van der Waals surface area contributed by atoms with E-state index in [4.69, 9.17) is 9.47 Å². The van der Waals surface area contributed by atoms with Crippen molar-refractivity contribution in [3.8, 4) is 0 Å². The second-order valence-corrected chi connectivity index (χ2v) is 14.2. The van der Waals surface area contributed by atoms with Gasteiger partial charge in [0.25, 0.3) is 0 Å². The molecule has 2 aliphatic carbocycles. The molecule has 0 spiro atoms. The highest BCUT2D eigenvalue weighted by molar-refractivity contribution is 9.39. The van der Waals surface area contributed by atoms with Crippen LogP contribution in [0.15, 0.2) is 23.8 Å². The molecule has 3 aliphatic rings. The number of ketones is 1. The summed E-state index contributed by atoms with van der Waals surface area (Å²) in [6.07, 6.45) is 2.33. The molecular weight excluding hydrogens is 492 g/mol. The molecule has 1 saturated heterocycles. The van der Waals surface area contributed by atoms with E-state index in [2.05, 4.69) is 68.2 Å². The first-order valence-corrected chi connectivity index (χ1v) is 10.2. The molecule has 0 aromatic carbocycles. The molecule has 0 N–H and O–H groups in total. The second-order valence-electron chi connectivity index (χ2n) is 7.25. The molecule has 2 fully saturated rings. The van der Waals surface area contributed by atoms with E-state index in [9.17, 15) is 4.79 Å². The minimum Gasteiger partial charge on any atom is -0.345 e. The lowest BCUT2D eigenvalue weighted by Crippen LogP contribution is -2.35. The van der Waals surface area contributed by atoms with Gasteiger partial charge >= 0.3 is 0 Å². The van der Waals surface area contributed by atoms with E-state index in [1.54, 1.807) is 6.08 Å². The maximum Gasteiger partial charge on any atom is 0.162 e. The third-order valence-corrected chi connectivity index (χ3v) is 6.89. The Labute approximate surface area is 162 Å². The number of hydrogen-bond acceptors (Lipinski definition) is 3. The van der Waals surface area contributed by atoms with Crippen LogP contribution in [-0.2, 0) is 14.3 Å². The van der Waals surface area contributed by atoms with Gasteiger partial charge < -0.3 is 9.47 Å². The smallest absolute Gasteiger partial charge is 0.162 e. The highest BCUT2D eigenvalue weighted by Gasteiger charge is 2.73. The average molecular weight is 513 g/mol. The molecule has 23 heavy (non-hydrogen) atoms. The van der Waals surface area contributed by atoms with Crippen molar-refractivity contribution in [1.82, 2.24) is 0 Å². The number of carbonyl (C=O) groups excluding carboxylic acids is 1. The molecule has 0 bridgehead atoms. The average Bonchev–Trinajstić information content (AvgIpc) is 2.72. The fourth-order valence-corrected chi connectivity index (χ4v) is 5.30. The maximum atomic E-state index is 12.2. The molecule has 6 heteroatoms. The van der Waals surface area contributed by atoms with Gasteiger partial charge in [-0.1, -0.05) is 67.7 Å². The third-order valence-electron chi connectivity index (χ3n) is 5.53. The van der Waals surface area contributed by atoms with Gasteiger partial charge in [-0.3, -0.25) is 4.79 Å². The van der Waals surface area contributed by atoms with Gasteiger partial charge in [-0.05, 0) is 24.3 Å². The molecule has 1 saturated carbocycles. The Balaban J connectivity index is 1.75. The summed E-state index contributed by atoms with van der Waals surface area (Å²) in [6, 6.07) is 0. The number of carbonyl (C=O) groups is 1. The van der Waals surface area contributed by atoms with Crippen LogP contribution in [-0.4, -0.2) is 26.4 Å². The molecule has 0 aromatic rings. The van der Waals surface area contributed by atoms with E-state index < -0.39 is 2.14 Å². The Morgan fingerprint density at radius 1 is 1.39 bits per heavy atom. The van der Waals surface area contributed by atoms with Gasteiger partial charge in [-0.25, -0.2) is 0 Å². The Hall–Kier alpha value is 0.510. The van der Waals surface area contributed by atoms with E-state index in [1.165, 1.54) is 0 Å². The molecule has 3 rings (SSSR count). The van der Waals surface area contributed by atoms with Crippen molar-refractivity contribution in [3.63, 3.8) is 0 Å². The molecule has 3 nitrogen and oxygen atoms in total. The van der Waals surface area contributed by atoms with Crippen molar-refractivity contribution in [2.45, 2.75) is 54.3 Å². The van der Waals surface area contributed by atoms with Gasteiger partial charge in [0.05, 0.1) is 12.2 Å². The van der Waals surface area contributed by atoms with E-state index in [-0.39, 0.29) is 29.7 Å². The fraction of sp³-hybridized carbons (Fsp3) is 0.706. The van der Waals surface area contributed by atoms with Gasteiger partial charge in [0.2, 0.25) is 0 Å². The zero-order valence-corrected chi connectivity index (χ0v) is 18.2. The molecule has 0 amide bonds. The van der Waals surface area contributed by atoms with Gasteiger partial charge in [-0.15, -0.1) is 6.58 Å². The minimum atomic E-state index is -0.452. The van der Waals surface area contributed by atoms with Crippen molar-refractivity contribution >= 4 is 53.6 Å². The largest absolute Gasteiger partial charge is 0.345 e. The van der Waals surface area contributed by atoms with Gasteiger partial charge in [0.1, 0.15) is 0 Å². The number of alkyl halides is 3. The number of fused-ring (bicyclic) bond motifs is 1. The third kappa shape index (κ3) is 3.07. The fourth-order valence-electron chi connectivity index (χ4n) is 4.12. The second kappa shape index (κ2) is 6.04. The lowest BCUT2D eigenvalue weighted by atomic mass is 10.1. The zero-order chi connectivity index (χ0) is 17.2. The first kappa shape index (κ1) is 18.3. The molecule has 0 unspecified atom stereocenters. The molecule has 1 aliphatic heterocycles. The number of Topliss-reactive ketones (excluding diaryl/α,β-unsaturated/α-hetero) is 1. The molecule has 0 radical (unpaired) electrons. The monoisotopic (exact) mass is 510 g/mol. The van der Waals surface area contributed by atoms with Crippen LogP contribution in [0.3, 0.4) is 0 Å². The summed E-state index contributed by atoms with van der Waals surface area (Å²) in [4.78, 5) is 12.2. The first-order chi connectivity index (χ1) is 10.6. The Bertz CT molecular complexity index is 576. The van der Waals surface area contributed by atoms with Crippen molar-refractivity contribution in [2.24, 2.45) is 17.3 Å². The topological polar surface area (TPSA) is 35.5 Å². The summed E-state index contributed by atoms with van der Waals surface area (Å²) in [6.45, 7) is 10.2. The summed E-state index contributed by atoms with van der Waals surface area (Å²) in [5, 5.41) is 0. The van der Waals surface area contributed by atoms with E-state index in [1.807, 2.05) is 6.92 Å². The van der Waals surface area contributed by atoms with E-state index in [0.29, 0.717) is 24.7 Å². The van der Waals surface area contributed by atoms with Crippen LogP contribution >= 0.6 is 47.8 Å². The summed E-state index contributed by atoms with van der Waals surface area (Å²) < 4.78 is 11.9. The van der Waals surface area contributed by atoms with Crippen molar-refractivity contribution in [1.29, 1.82) is 0 Å². The number of halogens is 3. The Morgan fingerprint density at radius 3 is 2.57 bits per heavy atom. The van der Waals surface area contributed by atoms with Crippen LogP contribution in [0.2, 0.25) is 0 Å². The maximum absolute atomic E-state index is 12.2. The summed E-state index contributed by atoms with van der Waals surface area (Å²) in [5.41, 5.74) is 2.06. The summed E-state index contributed by atoms with van der Waals surface area (Å²) in [5.74, 6) is 0.940. The van der Waals surface area contributed by atoms with Crippen molar-refractivity contribution in [2.75, 3.05) is 0 Å². The molecule has 128 valence electrons. The molecule has 0 aromatic heterocycles. The van der Waals surface area contributed by atoms with Gasteiger partial charge in [-0.2, -0.15) is 0 Å². The number of allylic oxidation sites excluding steroid dienone is 2.